The minimum Gasteiger partial charge on any atom is -0.352 e. The van der Waals surface area contributed by atoms with E-state index in [9.17, 15) is 4.79 Å². The van der Waals surface area contributed by atoms with Crippen molar-refractivity contribution in [2.24, 2.45) is 0 Å². The van der Waals surface area contributed by atoms with E-state index in [-0.39, 0.29) is 5.91 Å². The minimum atomic E-state index is 0.150. The van der Waals surface area contributed by atoms with E-state index >= 15 is 0 Å². The first-order valence-corrected chi connectivity index (χ1v) is 9.60. The Bertz CT molecular complexity index is 826. The van der Waals surface area contributed by atoms with Crippen LogP contribution in [0.2, 0.25) is 0 Å². The first-order chi connectivity index (χ1) is 13.0. The van der Waals surface area contributed by atoms with Crippen LogP contribution in [0.4, 0.5) is 5.82 Å². The van der Waals surface area contributed by atoms with Crippen molar-refractivity contribution >= 4 is 22.6 Å². The lowest BCUT2D eigenvalue weighted by atomic mass is 10.2. The van der Waals surface area contributed by atoms with Crippen LogP contribution in [0, 0.1) is 0 Å². The fourth-order valence-electron chi connectivity index (χ4n) is 3.50. The number of likely N-dealkylation sites (N-methyl/N-ethyl adjacent to an activating group) is 1. The predicted octanol–water partition coefficient (Wildman–Crippen LogP) is 2.70. The van der Waals surface area contributed by atoms with Gasteiger partial charge in [-0.05, 0) is 26.0 Å². The molecule has 0 aliphatic carbocycles. The Kier molecular flexibility index (Phi) is 6.06. The van der Waals surface area contributed by atoms with Gasteiger partial charge < -0.3 is 9.80 Å². The summed E-state index contributed by atoms with van der Waals surface area (Å²) in [5.41, 5.74) is 2.08. The molecule has 0 saturated carbocycles. The third-order valence-corrected chi connectivity index (χ3v) is 4.95. The van der Waals surface area contributed by atoms with Crippen molar-refractivity contribution in [1.82, 2.24) is 19.8 Å². The molecular formula is C21H29N5O. The number of nitrogens with zero attached hydrogens (tertiary/aromatic N) is 5. The number of rotatable bonds is 6. The maximum absolute atomic E-state index is 11.5. The number of piperazine rings is 1. The van der Waals surface area contributed by atoms with E-state index in [1.54, 1.807) is 6.92 Å². The average Bonchev–Trinajstić information content (AvgIpc) is 2.66. The standard InChI is InChI=1S/C21H29N5O/c1-5-25(14-16(2)3)21-18-8-6-7-9-19(18)22-20(23-21)15-24-10-12-26(13-11-24)17(4)27/h6-9H,2,5,10-15H2,1,3-4H3. The van der Waals surface area contributed by atoms with Gasteiger partial charge in [0.05, 0.1) is 12.1 Å². The molecule has 1 aromatic carbocycles. The van der Waals surface area contributed by atoms with Gasteiger partial charge in [0.2, 0.25) is 5.91 Å². The fraction of sp³-hybridized carbons (Fsp3) is 0.476. The molecule has 6 heteroatoms. The van der Waals surface area contributed by atoms with Crippen LogP contribution in [-0.2, 0) is 11.3 Å². The highest BCUT2D eigenvalue weighted by atomic mass is 16.2. The van der Waals surface area contributed by atoms with Crippen LogP contribution in [0.3, 0.4) is 0 Å². The Balaban J connectivity index is 1.86. The topological polar surface area (TPSA) is 52.6 Å². The van der Waals surface area contributed by atoms with Crippen molar-refractivity contribution in [1.29, 1.82) is 0 Å². The lowest BCUT2D eigenvalue weighted by Gasteiger charge is -2.34. The lowest BCUT2D eigenvalue weighted by Crippen LogP contribution is -2.47. The van der Waals surface area contributed by atoms with Crippen LogP contribution in [0.5, 0.6) is 0 Å². The van der Waals surface area contributed by atoms with Crippen molar-refractivity contribution in [3.8, 4) is 0 Å². The zero-order valence-corrected chi connectivity index (χ0v) is 16.6. The van der Waals surface area contributed by atoms with Gasteiger partial charge in [0, 0.05) is 51.6 Å². The van der Waals surface area contributed by atoms with Gasteiger partial charge in [0.1, 0.15) is 11.6 Å². The van der Waals surface area contributed by atoms with E-state index in [2.05, 4.69) is 29.4 Å². The average molecular weight is 367 g/mol. The number of carbonyl (C=O) groups excluding carboxylic acids is 1. The van der Waals surface area contributed by atoms with Gasteiger partial charge in [-0.2, -0.15) is 0 Å². The first kappa shape index (κ1) is 19.3. The maximum Gasteiger partial charge on any atom is 0.219 e. The number of benzene rings is 1. The highest BCUT2D eigenvalue weighted by Gasteiger charge is 2.20. The summed E-state index contributed by atoms with van der Waals surface area (Å²) in [4.78, 5) is 27.7. The predicted molar refractivity (Wildman–Crippen MR) is 110 cm³/mol. The van der Waals surface area contributed by atoms with Crippen LogP contribution < -0.4 is 4.90 Å². The molecule has 0 N–H and O–H groups in total. The maximum atomic E-state index is 11.5. The van der Waals surface area contributed by atoms with Crippen LogP contribution in [0.25, 0.3) is 10.9 Å². The lowest BCUT2D eigenvalue weighted by molar-refractivity contribution is -0.130. The summed E-state index contributed by atoms with van der Waals surface area (Å²) < 4.78 is 0. The summed E-state index contributed by atoms with van der Waals surface area (Å²) in [6.07, 6.45) is 0. The number of fused-ring (bicyclic) bond motifs is 1. The molecule has 6 nitrogen and oxygen atoms in total. The van der Waals surface area contributed by atoms with E-state index in [0.717, 1.165) is 67.4 Å². The number of para-hydroxylation sites is 1. The van der Waals surface area contributed by atoms with E-state index in [1.807, 2.05) is 30.0 Å². The van der Waals surface area contributed by atoms with E-state index in [1.165, 1.54) is 0 Å². The van der Waals surface area contributed by atoms with E-state index in [0.29, 0.717) is 6.54 Å². The molecule has 1 aliphatic rings. The highest BCUT2D eigenvalue weighted by molar-refractivity contribution is 5.89. The molecule has 3 rings (SSSR count). The molecule has 0 atom stereocenters. The Labute approximate surface area is 161 Å². The highest BCUT2D eigenvalue weighted by Crippen LogP contribution is 2.25. The van der Waals surface area contributed by atoms with Crippen molar-refractivity contribution in [2.75, 3.05) is 44.2 Å². The number of hydrogen-bond acceptors (Lipinski definition) is 5. The van der Waals surface area contributed by atoms with Crippen LogP contribution in [-0.4, -0.2) is 64.9 Å². The van der Waals surface area contributed by atoms with Gasteiger partial charge in [0.25, 0.3) is 0 Å². The largest absolute Gasteiger partial charge is 0.352 e. The molecule has 0 spiro atoms. The third-order valence-electron chi connectivity index (χ3n) is 4.95. The van der Waals surface area contributed by atoms with Gasteiger partial charge in [-0.25, -0.2) is 9.97 Å². The minimum absolute atomic E-state index is 0.150. The summed E-state index contributed by atoms with van der Waals surface area (Å²) in [7, 11) is 0. The molecule has 2 heterocycles. The van der Waals surface area contributed by atoms with Crippen LogP contribution >= 0.6 is 0 Å². The summed E-state index contributed by atoms with van der Waals surface area (Å²) in [5, 5.41) is 1.07. The van der Waals surface area contributed by atoms with Crippen molar-refractivity contribution in [3.05, 3.63) is 42.2 Å². The summed E-state index contributed by atoms with van der Waals surface area (Å²) in [6.45, 7) is 15.5. The van der Waals surface area contributed by atoms with Crippen LogP contribution in [0.1, 0.15) is 26.6 Å². The zero-order chi connectivity index (χ0) is 19.4. The van der Waals surface area contributed by atoms with Crippen LogP contribution in [0.15, 0.2) is 36.4 Å². The van der Waals surface area contributed by atoms with E-state index in [4.69, 9.17) is 9.97 Å². The number of hydrogen-bond donors (Lipinski definition) is 0. The first-order valence-electron chi connectivity index (χ1n) is 9.60. The molecule has 0 unspecified atom stereocenters. The molecule has 144 valence electrons. The number of amides is 1. The number of carbonyl (C=O) groups is 1. The molecule has 1 aliphatic heterocycles. The molecule has 1 aromatic heterocycles. The Hall–Kier alpha value is -2.47. The van der Waals surface area contributed by atoms with Gasteiger partial charge in [-0.3, -0.25) is 9.69 Å². The molecule has 1 amide bonds. The Morgan fingerprint density at radius 3 is 2.48 bits per heavy atom. The van der Waals surface area contributed by atoms with Gasteiger partial charge in [0.15, 0.2) is 0 Å². The van der Waals surface area contributed by atoms with Gasteiger partial charge in [-0.15, -0.1) is 0 Å². The monoisotopic (exact) mass is 367 g/mol. The summed E-state index contributed by atoms with van der Waals surface area (Å²) in [6, 6.07) is 8.18. The molecule has 2 aromatic rings. The van der Waals surface area contributed by atoms with Gasteiger partial charge >= 0.3 is 0 Å². The molecule has 0 bridgehead atoms. The molecule has 27 heavy (non-hydrogen) atoms. The summed E-state index contributed by atoms with van der Waals surface area (Å²) in [5.74, 6) is 1.96. The van der Waals surface area contributed by atoms with Crippen molar-refractivity contribution < 1.29 is 4.79 Å². The molecular weight excluding hydrogens is 338 g/mol. The second-order valence-electron chi connectivity index (χ2n) is 7.23. The Morgan fingerprint density at radius 1 is 1.15 bits per heavy atom. The number of aromatic nitrogens is 2. The summed E-state index contributed by atoms with van der Waals surface area (Å²) >= 11 is 0. The normalized spacial score (nSPS) is 15.1. The Morgan fingerprint density at radius 2 is 1.85 bits per heavy atom. The van der Waals surface area contributed by atoms with E-state index < -0.39 is 0 Å². The van der Waals surface area contributed by atoms with Gasteiger partial charge in [-0.1, -0.05) is 24.3 Å². The quantitative estimate of drug-likeness (QED) is 0.735. The van der Waals surface area contributed by atoms with Crippen molar-refractivity contribution in [2.45, 2.75) is 27.3 Å². The fourth-order valence-corrected chi connectivity index (χ4v) is 3.50. The second-order valence-corrected chi connectivity index (χ2v) is 7.23. The van der Waals surface area contributed by atoms with Crippen molar-refractivity contribution in [3.63, 3.8) is 0 Å². The molecule has 0 radical (unpaired) electrons. The zero-order valence-electron chi connectivity index (χ0n) is 16.6. The third kappa shape index (κ3) is 4.63. The molecule has 1 fully saturated rings. The second kappa shape index (κ2) is 8.48. The number of anilines is 1. The SMILES string of the molecule is C=C(C)CN(CC)c1nc(CN2CCN(C(C)=O)CC2)nc2ccccc12. The smallest absolute Gasteiger partial charge is 0.219 e. The molecule has 1 saturated heterocycles.